The summed E-state index contributed by atoms with van der Waals surface area (Å²) in [6, 6.07) is 4.97. The predicted octanol–water partition coefficient (Wildman–Crippen LogP) is 1.79. The van der Waals surface area contributed by atoms with Crippen LogP contribution in [0.1, 0.15) is 0 Å². The molecule has 17 heavy (non-hydrogen) atoms. The molecule has 0 bridgehead atoms. The highest BCUT2D eigenvalue weighted by Gasteiger charge is 2.14. The number of halogens is 2. The summed E-state index contributed by atoms with van der Waals surface area (Å²) in [6.07, 6.45) is 0. The molecule has 90 valence electrons. The zero-order chi connectivity index (χ0) is 12.6. The van der Waals surface area contributed by atoms with Gasteiger partial charge in [-0.3, -0.25) is 0 Å². The van der Waals surface area contributed by atoms with Gasteiger partial charge in [-0.15, -0.1) is 0 Å². The maximum absolute atomic E-state index is 11.1. The Morgan fingerprint density at radius 2 is 2.06 bits per heavy atom. The molecule has 0 radical (unpaired) electrons. The second kappa shape index (κ2) is 4.23. The number of nitrogens with zero attached hydrogens (tertiary/aromatic N) is 1. The van der Waals surface area contributed by atoms with Crippen LogP contribution in [0.4, 0.5) is 17.4 Å². The standard InChI is InChI=1S/C9H8Cl2N4O2/c10-4-2-1-3-5(6(4)11)14-8-7(12)17-9(16)15(8)13/h1-3,14H,12-13H2. The van der Waals surface area contributed by atoms with E-state index in [1.807, 2.05) is 0 Å². The lowest BCUT2D eigenvalue weighted by Crippen LogP contribution is -2.23. The molecule has 0 fully saturated rings. The van der Waals surface area contributed by atoms with E-state index in [-0.39, 0.29) is 11.7 Å². The third kappa shape index (κ3) is 2.04. The van der Waals surface area contributed by atoms with Crippen molar-refractivity contribution in [1.82, 2.24) is 4.68 Å². The summed E-state index contributed by atoms with van der Waals surface area (Å²) in [7, 11) is 0. The molecule has 0 aliphatic rings. The molecule has 0 unspecified atom stereocenters. The number of rotatable bonds is 2. The summed E-state index contributed by atoms with van der Waals surface area (Å²) in [5.41, 5.74) is 5.94. The minimum absolute atomic E-state index is 0.110. The van der Waals surface area contributed by atoms with Gasteiger partial charge in [0.1, 0.15) is 0 Å². The molecule has 1 heterocycles. The van der Waals surface area contributed by atoms with Gasteiger partial charge in [0.15, 0.2) is 5.82 Å². The number of hydrogen-bond acceptors (Lipinski definition) is 5. The molecular formula is C9H8Cl2N4O2. The topological polar surface area (TPSA) is 99.2 Å². The van der Waals surface area contributed by atoms with E-state index in [1.54, 1.807) is 18.2 Å². The van der Waals surface area contributed by atoms with Gasteiger partial charge in [0.05, 0.1) is 15.7 Å². The summed E-state index contributed by atoms with van der Waals surface area (Å²) in [6.45, 7) is 0. The van der Waals surface area contributed by atoms with E-state index in [1.165, 1.54) is 0 Å². The Bertz CT molecular complexity index is 620. The van der Waals surface area contributed by atoms with E-state index in [2.05, 4.69) is 9.73 Å². The fraction of sp³-hybridized carbons (Fsp3) is 0. The van der Waals surface area contributed by atoms with Crippen molar-refractivity contribution in [2.45, 2.75) is 0 Å². The Morgan fingerprint density at radius 1 is 1.35 bits per heavy atom. The third-order valence-electron chi connectivity index (χ3n) is 2.07. The molecule has 0 spiro atoms. The van der Waals surface area contributed by atoms with Gasteiger partial charge in [-0.2, -0.15) is 4.68 Å². The van der Waals surface area contributed by atoms with Crippen LogP contribution in [0.2, 0.25) is 10.0 Å². The highest BCUT2D eigenvalue weighted by Crippen LogP contribution is 2.32. The van der Waals surface area contributed by atoms with Crippen molar-refractivity contribution in [2.24, 2.45) is 0 Å². The molecule has 1 aromatic carbocycles. The molecule has 6 nitrogen and oxygen atoms in total. The van der Waals surface area contributed by atoms with Gasteiger partial charge in [-0.1, -0.05) is 29.3 Å². The zero-order valence-electron chi connectivity index (χ0n) is 8.41. The SMILES string of the molecule is Nc1oc(=O)n(N)c1Nc1cccc(Cl)c1Cl. The van der Waals surface area contributed by atoms with Crippen LogP contribution in [0.5, 0.6) is 0 Å². The normalized spacial score (nSPS) is 10.5. The lowest BCUT2D eigenvalue weighted by molar-refractivity contribution is 0.516. The number of anilines is 3. The maximum Gasteiger partial charge on any atom is 0.441 e. The third-order valence-corrected chi connectivity index (χ3v) is 2.89. The van der Waals surface area contributed by atoms with Gasteiger partial charge in [0.2, 0.25) is 5.88 Å². The van der Waals surface area contributed by atoms with Gasteiger partial charge in [0.25, 0.3) is 0 Å². The van der Waals surface area contributed by atoms with Crippen molar-refractivity contribution in [3.8, 4) is 0 Å². The summed E-state index contributed by atoms with van der Waals surface area (Å²) < 4.78 is 5.35. The van der Waals surface area contributed by atoms with E-state index in [9.17, 15) is 4.79 Å². The molecule has 5 N–H and O–H groups in total. The number of benzene rings is 1. The van der Waals surface area contributed by atoms with Crippen LogP contribution >= 0.6 is 23.2 Å². The van der Waals surface area contributed by atoms with Crippen molar-refractivity contribution < 1.29 is 4.42 Å². The van der Waals surface area contributed by atoms with Crippen molar-refractivity contribution in [1.29, 1.82) is 0 Å². The molecule has 0 saturated heterocycles. The van der Waals surface area contributed by atoms with Crippen molar-refractivity contribution in [3.63, 3.8) is 0 Å². The lowest BCUT2D eigenvalue weighted by Gasteiger charge is -2.08. The molecule has 0 saturated carbocycles. The predicted molar refractivity (Wildman–Crippen MR) is 67.3 cm³/mol. The molecule has 0 aliphatic heterocycles. The molecule has 8 heteroatoms. The van der Waals surface area contributed by atoms with Crippen LogP contribution in [0.15, 0.2) is 27.4 Å². The number of nitrogens with one attached hydrogen (secondary N) is 1. The fourth-order valence-electron chi connectivity index (χ4n) is 1.25. The number of nitrogens with two attached hydrogens (primary N) is 2. The summed E-state index contributed by atoms with van der Waals surface area (Å²) >= 11 is 11.8. The largest absolute Gasteiger partial charge is 0.441 e. The Labute approximate surface area is 106 Å². The number of nitrogen functional groups attached to an aromatic ring is 2. The molecule has 2 aromatic rings. The zero-order valence-corrected chi connectivity index (χ0v) is 9.92. The van der Waals surface area contributed by atoms with E-state index < -0.39 is 5.76 Å². The number of hydrogen-bond donors (Lipinski definition) is 3. The van der Waals surface area contributed by atoms with Crippen molar-refractivity contribution in [3.05, 3.63) is 38.8 Å². The smallest absolute Gasteiger partial charge is 0.388 e. The van der Waals surface area contributed by atoms with Crippen LogP contribution in [0.25, 0.3) is 0 Å². The van der Waals surface area contributed by atoms with Gasteiger partial charge < -0.3 is 21.3 Å². The van der Waals surface area contributed by atoms with Crippen molar-refractivity contribution in [2.75, 3.05) is 16.9 Å². The first-order valence-electron chi connectivity index (χ1n) is 4.48. The van der Waals surface area contributed by atoms with E-state index >= 15 is 0 Å². The average Bonchev–Trinajstić information content (AvgIpc) is 2.51. The Kier molecular flexibility index (Phi) is 2.91. The second-order valence-corrected chi connectivity index (χ2v) is 3.96. The molecular weight excluding hydrogens is 267 g/mol. The Hall–Kier alpha value is -1.79. The maximum atomic E-state index is 11.1. The van der Waals surface area contributed by atoms with Crippen LogP contribution in [0.3, 0.4) is 0 Å². The first kappa shape index (κ1) is 11.7. The highest BCUT2D eigenvalue weighted by atomic mass is 35.5. The summed E-state index contributed by atoms with van der Waals surface area (Å²) in [5.74, 6) is 4.64. The minimum atomic E-state index is -0.775. The molecule has 2 rings (SSSR count). The molecule has 0 aliphatic carbocycles. The van der Waals surface area contributed by atoms with E-state index in [0.717, 1.165) is 4.68 Å². The van der Waals surface area contributed by atoms with E-state index in [0.29, 0.717) is 15.7 Å². The Morgan fingerprint density at radius 3 is 2.65 bits per heavy atom. The first-order valence-corrected chi connectivity index (χ1v) is 5.23. The van der Waals surface area contributed by atoms with Gasteiger partial charge in [-0.05, 0) is 12.1 Å². The molecule has 1 aromatic heterocycles. The summed E-state index contributed by atoms with van der Waals surface area (Å²) in [5, 5.41) is 3.43. The number of aromatic nitrogens is 1. The number of oxazole rings is 1. The second-order valence-electron chi connectivity index (χ2n) is 3.18. The highest BCUT2D eigenvalue weighted by molar-refractivity contribution is 6.43. The van der Waals surface area contributed by atoms with Crippen LogP contribution in [-0.2, 0) is 0 Å². The van der Waals surface area contributed by atoms with Gasteiger partial charge >= 0.3 is 5.76 Å². The van der Waals surface area contributed by atoms with E-state index in [4.69, 9.17) is 34.8 Å². The first-order chi connectivity index (χ1) is 8.00. The Balaban J connectivity index is 2.45. The van der Waals surface area contributed by atoms with Crippen LogP contribution in [0, 0.1) is 0 Å². The van der Waals surface area contributed by atoms with Crippen LogP contribution < -0.4 is 22.6 Å². The van der Waals surface area contributed by atoms with Gasteiger partial charge in [-0.25, -0.2) is 4.79 Å². The average molecular weight is 275 g/mol. The monoisotopic (exact) mass is 274 g/mol. The van der Waals surface area contributed by atoms with Crippen LogP contribution in [-0.4, -0.2) is 4.68 Å². The molecule has 0 amide bonds. The lowest BCUT2D eigenvalue weighted by atomic mass is 10.3. The van der Waals surface area contributed by atoms with Crippen molar-refractivity contribution >= 4 is 40.6 Å². The molecule has 0 atom stereocenters. The minimum Gasteiger partial charge on any atom is -0.388 e. The quantitative estimate of drug-likeness (QED) is 0.725. The van der Waals surface area contributed by atoms with Gasteiger partial charge in [0, 0.05) is 0 Å². The summed E-state index contributed by atoms with van der Waals surface area (Å²) in [4.78, 5) is 11.1. The fourth-order valence-corrected chi connectivity index (χ4v) is 1.60.